The van der Waals surface area contributed by atoms with Crippen molar-refractivity contribution >= 4 is 5.97 Å². The maximum Gasteiger partial charge on any atom is 0.314 e. The van der Waals surface area contributed by atoms with E-state index in [-0.39, 0.29) is 5.41 Å². The Hall–Kier alpha value is -1.51. The molecule has 0 heterocycles. The maximum atomic E-state index is 12.0. The van der Waals surface area contributed by atoms with Crippen LogP contribution in [0.5, 0.6) is 5.75 Å². The highest BCUT2D eigenvalue weighted by Crippen LogP contribution is 2.43. The standard InChI is InChI=1S/C18H26O3/c1-12-10-13(11-14(15(12)19)17(2,3)4)18(16(20)21)8-6-5-7-9-18/h10-11,19H,5-9H2,1-4H3,(H,20,21). The number of phenols is 1. The lowest BCUT2D eigenvalue weighted by Crippen LogP contribution is -2.38. The SMILES string of the molecule is Cc1cc(C2(C(=O)O)CCCCC2)cc(C(C)(C)C)c1O. The zero-order chi connectivity index (χ0) is 15.8. The van der Waals surface area contributed by atoms with Crippen molar-refractivity contribution < 1.29 is 15.0 Å². The number of carbonyl (C=O) groups is 1. The van der Waals surface area contributed by atoms with E-state index in [0.29, 0.717) is 18.6 Å². The Labute approximate surface area is 127 Å². The van der Waals surface area contributed by atoms with Gasteiger partial charge in [0.25, 0.3) is 0 Å². The van der Waals surface area contributed by atoms with Gasteiger partial charge >= 0.3 is 5.97 Å². The quantitative estimate of drug-likeness (QED) is 0.854. The van der Waals surface area contributed by atoms with Gasteiger partial charge in [-0.05, 0) is 41.9 Å². The minimum absolute atomic E-state index is 0.209. The molecule has 1 fully saturated rings. The van der Waals surface area contributed by atoms with E-state index in [1.165, 1.54) is 0 Å². The molecule has 116 valence electrons. The van der Waals surface area contributed by atoms with Crippen molar-refractivity contribution in [1.82, 2.24) is 0 Å². The highest BCUT2D eigenvalue weighted by atomic mass is 16.4. The minimum atomic E-state index is -0.781. The molecule has 0 amide bonds. The van der Waals surface area contributed by atoms with E-state index in [1.807, 2.05) is 39.8 Å². The summed E-state index contributed by atoms with van der Waals surface area (Å²) in [7, 11) is 0. The number of hydrogen-bond donors (Lipinski definition) is 2. The molecular formula is C18H26O3. The van der Waals surface area contributed by atoms with Crippen LogP contribution in [0.1, 0.15) is 69.6 Å². The van der Waals surface area contributed by atoms with Gasteiger partial charge in [-0.2, -0.15) is 0 Å². The summed E-state index contributed by atoms with van der Waals surface area (Å²) in [5, 5.41) is 20.2. The van der Waals surface area contributed by atoms with E-state index in [4.69, 9.17) is 0 Å². The van der Waals surface area contributed by atoms with Crippen LogP contribution in [0.3, 0.4) is 0 Å². The first-order valence-electron chi connectivity index (χ1n) is 7.76. The summed E-state index contributed by atoms with van der Waals surface area (Å²) < 4.78 is 0. The number of aryl methyl sites for hydroxylation is 1. The summed E-state index contributed by atoms with van der Waals surface area (Å²) in [4.78, 5) is 12.0. The second-order valence-electron chi connectivity index (χ2n) is 7.39. The van der Waals surface area contributed by atoms with Gasteiger partial charge in [-0.15, -0.1) is 0 Å². The Balaban J connectivity index is 2.62. The van der Waals surface area contributed by atoms with Crippen molar-refractivity contribution in [3.8, 4) is 5.75 Å². The molecule has 0 bridgehead atoms. The number of carboxylic acid groups (broad SMARTS) is 1. The number of aromatic hydroxyl groups is 1. The van der Waals surface area contributed by atoms with Gasteiger partial charge in [0.15, 0.2) is 0 Å². The molecule has 0 saturated heterocycles. The third-order valence-electron chi connectivity index (χ3n) is 4.78. The number of aliphatic carboxylic acids is 1. The Morgan fingerprint density at radius 3 is 2.19 bits per heavy atom. The summed E-state index contributed by atoms with van der Waals surface area (Å²) in [6.45, 7) is 7.98. The Morgan fingerprint density at radius 1 is 1.14 bits per heavy atom. The molecular weight excluding hydrogens is 264 g/mol. The topological polar surface area (TPSA) is 57.5 Å². The fraction of sp³-hybridized carbons (Fsp3) is 0.611. The van der Waals surface area contributed by atoms with Crippen LogP contribution in [-0.4, -0.2) is 16.2 Å². The molecule has 1 aliphatic carbocycles. The van der Waals surface area contributed by atoms with Crippen LogP contribution in [0.25, 0.3) is 0 Å². The number of phenolic OH excluding ortho intramolecular Hbond substituents is 1. The average Bonchev–Trinajstić information content (AvgIpc) is 2.40. The average molecular weight is 290 g/mol. The normalized spacial score (nSPS) is 18.5. The molecule has 2 N–H and O–H groups in total. The van der Waals surface area contributed by atoms with Crippen LogP contribution < -0.4 is 0 Å². The molecule has 3 heteroatoms. The lowest BCUT2D eigenvalue weighted by Gasteiger charge is -2.35. The minimum Gasteiger partial charge on any atom is -0.507 e. The highest BCUT2D eigenvalue weighted by Gasteiger charge is 2.42. The smallest absolute Gasteiger partial charge is 0.314 e. The lowest BCUT2D eigenvalue weighted by molar-refractivity contribution is -0.145. The number of carboxylic acids is 1. The van der Waals surface area contributed by atoms with Gasteiger partial charge in [-0.3, -0.25) is 4.79 Å². The van der Waals surface area contributed by atoms with Crippen LogP contribution in [0, 0.1) is 6.92 Å². The van der Waals surface area contributed by atoms with Gasteiger partial charge in [-0.25, -0.2) is 0 Å². The van der Waals surface area contributed by atoms with Crippen molar-refractivity contribution in [2.45, 2.75) is 70.6 Å². The van der Waals surface area contributed by atoms with E-state index < -0.39 is 11.4 Å². The van der Waals surface area contributed by atoms with E-state index in [2.05, 4.69) is 0 Å². The zero-order valence-electron chi connectivity index (χ0n) is 13.5. The molecule has 2 rings (SSSR count). The monoisotopic (exact) mass is 290 g/mol. The van der Waals surface area contributed by atoms with Crippen LogP contribution in [-0.2, 0) is 15.6 Å². The van der Waals surface area contributed by atoms with Gasteiger partial charge in [0.05, 0.1) is 5.41 Å². The van der Waals surface area contributed by atoms with Crippen LogP contribution in [0.4, 0.5) is 0 Å². The van der Waals surface area contributed by atoms with Gasteiger partial charge in [-0.1, -0.05) is 52.2 Å². The molecule has 0 aliphatic heterocycles. The third-order valence-corrected chi connectivity index (χ3v) is 4.78. The van der Waals surface area contributed by atoms with Crippen molar-refractivity contribution in [1.29, 1.82) is 0 Å². The molecule has 0 spiro atoms. The van der Waals surface area contributed by atoms with Gasteiger partial charge < -0.3 is 10.2 Å². The van der Waals surface area contributed by atoms with Crippen molar-refractivity contribution in [2.24, 2.45) is 0 Å². The zero-order valence-corrected chi connectivity index (χ0v) is 13.5. The van der Waals surface area contributed by atoms with Gasteiger partial charge in [0.2, 0.25) is 0 Å². The lowest BCUT2D eigenvalue weighted by atomic mass is 9.68. The molecule has 0 atom stereocenters. The van der Waals surface area contributed by atoms with Crippen LogP contribution in [0.15, 0.2) is 12.1 Å². The van der Waals surface area contributed by atoms with Gasteiger partial charge in [0.1, 0.15) is 5.75 Å². The van der Waals surface area contributed by atoms with E-state index >= 15 is 0 Å². The molecule has 1 aliphatic rings. The van der Waals surface area contributed by atoms with Crippen molar-refractivity contribution in [3.63, 3.8) is 0 Å². The van der Waals surface area contributed by atoms with E-state index in [9.17, 15) is 15.0 Å². The van der Waals surface area contributed by atoms with Gasteiger partial charge in [0, 0.05) is 0 Å². The molecule has 21 heavy (non-hydrogen) atoms. The van der Waals surface area contributed by atoms with Crippen LogP contribution in [0.2, 0.25) is 0 Å². The Kier molecular flexibility index (Phi) is 4.05. The highest BCUT2D eigenvalue weighted by molar-refractivity contribution is 5.82. The molecule has 0 aromatic heterocycles. The van der Waals surface area contributed by atoms with Crippen molar-refractivity contribution in [2.75, 3.05) is 0 Å². The van der Waals surface area contributed by atoms with Crippen molar-refractivity contribution in [3.05, 3.63) is 28.8 Å². The second-order valence-corrected chi connectivity index (χ2v) is 7.39. The molecule has 0 radical (unpaired) electrons. The predicted molar refractivity (Wildman–Crippen MR) is 83.9 cm³/mol. The first kappa shape index (κ1) is 15.9. The number of rotatable bonds is 2. The Bertz CT molecular complexity index is 546. The fourth-order valence-electron chi connectivity index (χ4n) is 3.41. The summed E-state index contributed by atoms with van der Waals surface area (Å²) in [6.07, 6.45) is 4.40. The molecule has 3 nitrogen and oxygen atoms in total. The third kappa shape index (κ3) is 2.78. The number of benzene rings is 1. The molecule has 1 aromatic rings. The van der Waals surface area contributed by atoms with E-state index in [0.717, 1.165) is 36.0 Å². The molecule has 1 saturated carbocycles. The van der Waals surface area contributed by atoms with E-state index in [1.54, 1.807) is 0 Å². The number of hydrogen-bond acceptors (Lipinski definition) is 2. The Morgan fingerprint density at radius 2 is 1.71 bits per heavy atom. The molecule has 1 aromatic carbocycles. The predicted octanol–water partition coefficient (Wildman–Crippen LogP) is 4.28. The first-order valence-corrected chi connectivity index (χ1v) is 7.76. The summed E-state index contributed by atoms with van der Waals surface area (Å²) in [6, 6.07) is 3.78. The largest absolute Gasteiger partial charge is 0.507 e. The second kappa shape index (κ2) is 5.36. The van der Waals surface area contributed by atoms with Crippen LogP contribution >= 0.6 is 0 Å². The molecule has 0 unspecified atom stereocenters. The first-order chi connectivity index (χ1) is 9.68. The summed E-state index contributed by atoms with van der Waals surface area (Å²) >= 11 is 0. The fourth-order valence-corrected chi connectivity index (χ4v) is 3.41. The summed E-state index contributed by atoms with van der Waals surface area (Å²) in [5.74, 6) is -0.435. The maximum absolute atomic E-state index is 12.0. The summed E-state index contributed by atoms with van der Waals surface area (Å²) in [5.41, 5.74) is 1.47.